The van der Waals surface area contributed by atoms with E-state index in [9.17, 15) is 14.9 Å². The molecule has 1 fully saturated rings. The largest absolute Gasteiger partial charge is 0.377 e. The summed E-state index contributed by atoms with van der Waals surface area (Å²) in [6.45, 7) is 0. The number of halogens is 2. The molecule has 6 nitrogen and oxygen atoms in total. The lowest BCUT2D eigenvalue weighted by Gasteiger charge is -2.10. The Bertz CT molecular complexity index is 822. The van der Waals surface area contributed by atoms with Crippen LogP contribution in [0.15, 0.2) is 36.4 Å². The number of carbonyl (C=O) groups is 1. The van der Waals surface area contributed by atoms with Crippen LogP contribution in [0.5, 0.6) is 0 Å². The SMILES string of the molecule is O=C(Nc1cc(Cl)ccc1Cl)c1ccc(NC2CC2)c([N+](=O)[O-])c1. The Morgan fingerprint density at radius 2 is 1.88 bits per heavy atom. The quantitative estimate of drug-likeness (QED) is 0.592. The number of benzene rings is 2. The number of anilines is 2. The van der Waals surface area contributed by atoms with Gasteiger partial charge in [-0.05, 0) is 43.2 Å². The maximum absolute atomic E-state index is 12.3. The van der Waals surface area contributed by atoms with Crippen LogP contribution in [-0.4, -0.2) is 16.9 Å². The molecule has 1 amide bonds. The Morgan fingerprint density at radius 1 is 1.12 bits per heavy atom. The minimum Gasteiger partial charge on any atom is -0.377 e. The molecule has 124 valence electrons. The molecule has 0 bridgehead atoms. The zero-order valence-electron chi connectivity index (χ0n) is 12.4. The van der Waals surface area contributed by atoms with Gasteiger partial charge in [0.15, 0.2) is 0 Å². The van der Waals surface area contributed by atoms with Gasteiger partial charge in [-0.15, -0.1) is 0 Å². The van der Waals surface area contributed by atoms with E-state index in [2.05, 4.69) is 10.6 Å². The maximum Gasteiger partial charge on any atom is 0.293 e. The summed E-state index contributed by atoms with van der Waals surface area (Å²) >= 11 is 11.9. The van der Waals surface area contributed by atoms with Crippen molar-refractivity contribution in [1.29, 1.82) is 0 Å². The summed E-state index contributed by atoms with van der Waals surface area (Å²) in [6.07, 6.45) is 1.99. The maximum atomic E-state index is 12.3. The van der Waals surface area contributed by atoms with E-state index in [1.165, 1.54) is 18.2 Å². The van der Waals surface area contributed by atoms with Crippen molar-refractivity contribution in [2.24, 2.45) is 0 Å². The van der Waals surface area contributed by atoms with E-state index >= 15 is 0 Å². The van der Waals surface area contributed by atoms with Gasteiger partial charge in [-0.2, -0.15) is 0 Å². The number of rotatable bonds is 5. The van der Waals surface area contributed by atoms with E-state index in [1.807, 2.05) is 0 Å². The van der Waals surface area contributed by atoms with E-state index in [-0.39, 0.29) is 17.3 Å². The van der Waals surface area contributed by atoms with Gasteiger partial charge in [0, 0.05) is 22.7 Å². The van der Waals surface area contributed by atoms with Crippen LogP contribution in [0.3, 0.4) is 0 Å². The van der Waals surface area contributed by atoms with Crippen LogP contribution in [-0.2, 0) is 0 Å². The third-order valence-electron chi connectivity index (χ3n) is 3.57. The molecule has 0 spiro atoms. The molecule has 8 heteroatoms. The van der Waals surface area contributed by atoms with Crippen LogP contribution in [0.1, 0.15) is 23.2 Å². The van der Waals surface area contributed by atoms with Crippen LogP contribution in [0.25, 0.3) is 0 Å². The second-order valence-electron chi connectivity index (χ2n) is 5.49. The number of amides is 1. The topological polar surface area (TPSA) is 84.3 Å². The molecule has 0 unspecified atom stereocenters. The van der Waals surface area contributed by atoms with Crippen LogP contribution < -0.4 is 10.6 Å². The summed E-state index contributed by atoms with van der Waals surface area (Å²) in [6, 6.07) is 9.27. The molecule has 1 saturated carbocycles. The molecule has 0 aliphatic heterocycles. The Labute approximate surface area is 147 Å². The van der Waals surface area contributed by atoms with Gasteiger partial charge < -0.3 is 10.6 Å². The van der Waals surface area contributed by atoms with Crippen LogP contribution in [0.2, 0.25) is 10.0 Å². The second kappa shape index (κ2) is 6.67. The lowest BCUT2D eigenvalue weighted by atomic mass is 10.1. The Balaban J connectivity index is 1.85. The van der Waals surface area contributed by atoms with E-state index in [0.717, 1.165) is 12.8 Å². The van der Waals surface area contributed by atoms with Crippen molar-refractivity contribution in [3.05, 3.63) is 62.1 Å². The van der Waals surface area contributed by atoms with E-state index in [1.54, 1.807) is 18.2 Å². The third kappa shape index (κ3) is 3.77. The van der Waals surface area contributed by atoms with Gasteiger partial charge >= 0.3 is 0 Å². The molecule has 1 aliphatic rings. The average Bonchev–Trinajstić information content (AvgIpc) is 3.35. The molecule has 2 aromatic carbocycles. The Hall–Kier alpha value is -2.31. The zero-order chi connectivity index (χ0) is 17.3. The predicted octanol–water partition coefficient (Wildman–Crippen LogP) is 4.73. The fourth-order valence-corrected chi connectivity index (χ4v) is 2.52. The van der Waals surface area contributed by atoms with Gasteiger partial charge in [-0.1, -0.05) is 23.2 Å². The van der Waals surface area contributed by atoms with Gasteiger partial charge in [0.05, 0.1) is 15.6 Å². The van der Waals surface area contributed by atoms with E-state index in [0.29, 0.717) is 21.4 Å². The van der Waals surface area contributed by atoms with Crippen LogP contribution >= 0.6 is 23.2 Å². The second-order valence-corrected chi connectivity index (χ2v) is 6.33. The summed E-state index contributed by atoms with van der Waals surface area (Å²) in [5.74, 6) is -0.500. The third-order valence-corrected chi connectivity index (χ3v) is 4.13. The molecule has 0 radical (unpaired) electrons. The van der Waals surface area contributed by atoms with Crippen molar-refractivity contribution in [3.8, 4) is 0 Å². The Morgan fingerprint density at radius 3 is 2.54 bits per heavy atom. The summed E-state index contributed by atoms with van der Waals surface area (Å²) in [7, 11) is 0. The summed E-state index contributed by atoms with van der Waals surface area (Å²) in [4.78, 5) is 23.1. The molecular formula is C16H13Cl2N3O3. The highest BCUT2D eigenvalue weighted by Crippen LogP contribution is 2.32. The first-order valence-electron chi connectivity index (χ1n) is 7.25. The van der Waals surface area contributed by atoms with E-state index < -0.39 is 10.8 Å². The molecule has 0 aromatic heterocycles. The van der Waals surface area contributed by atoms with Crippen molar-refractivity contribution in [3.63, 3.8) is 0 Å². The highest BCUT2D eigenvalue weighted by atomic mass is 35.5. The highest BCUT2D eigenvalue weighted by Gasteiger charge is 2.25. The van der Waals surface area contributed by atoms with Crippen LogP contribution in [0.4, 0.5) is 17.1 Å². The molecule has 1 aliphatic carbocycles. The fraction of sp³-hybridized carbons (Fsp3) is 0.188. The lowest BCUT2D eigenvalue weighted by molar-refractivity contribution is -0.384. The molecule has 2 N–H and O–H groups in total. The molecule has 0 atom stereocenters. The zero-order valence-corrected chi connectivity index (χ0v) is 13.9. The number of nitro groups is 1. The smallest absolute Gasteiger partial charge is 0.293 e. The molecule has 3 rings (SSSR count). The van der Waals surface area contributed by atoms with Gasteiger partial charge in [0.25, 0.3) is 11.6 Å². The normalized spacial score (nSPS) is 13.4. The van der Waals surface area contributed by atoms with Crippen molar-refractivity contribution >= 4 is 46.2 Å². The van der Waals surface area contributed by atoms with Crippen molar-refractivity contribution in [2.45, 2.75) is 18.9 Å². The Kier molecular flexibility index (Phi) is 4.59. The van der Waals surface area contributed by atoms with Crippen molar-refractivity contribution < 1.29 is 9.72 Å². The molecule has 24 heavy (non-hydrogen) atoms. The first-order valence-corrected chi connectivity index (χ1v) is 8.01. The first-order chi connectivity index (χ1) is 11.4. The average molecular weight is 366 g/mol. The van der Waals surface area contributed by atoms with E-state index in [4.69, 9.17) is 23.2 Å². The highest BCUT2D eigenvalue weighted by molar-refractivity contribution is 6.35. The van der Waals surface area contributed by atoms with Crippen LogP contribution in [0, 0.1) is 10.1 Å². The summed E-state index contributed by atoms with van der Waals surface area (Å²) in [5, 5.41) is 17.7. The monoisotopic (exact) mass is 365 g/mol. The summed E-state index contributed by atoms with van der Waals surface area (Å²) < 4.78 is 0. The number of nitrogens with one attached hydrogen (secondary N) is 2. The number of hydrogen-bond acceptors (Lipinski definition) is 4. The molecule has 2 aromatic rings. The molecule has 0 heterocycles. The van der Waals surface area contributed by atoms with Crippen molar-refractivity contribution in [2.75, 3.05) is 10.6 Å². The van der Waals surface area contributed by atoms with Gasteiger partial charge in [-0.3, -0.25) is 14.9 Å². The standard InChI is InChI=1S/C16H13Cl2N3O3/c17-10-2-5-12(18)14(8-10)20-16(22)9-1-6-13(19-11-3-4-11)15(7-9)21(23)24/h1-2,5-8,11,19H,3-4H2,(H,20,22). The predicted molar refractivity (Wildman–Crippen MR) is 94.2 cm³/mol. The number of nitro benzene ring substituents is 1. The number of nitrogens with zero attached hydrogens (tertiary/aromatic N) is 1. The number of carbonyl (C=O) groups excluding carboxylic acids is 1. The molecular weight excluding hydrogens is 353 g/mol. The first kappa shape index (κ1) is 16.5. The minimum absolute atomic E-state index is 0.133. The van der Waals surface area contributed by atoms with Gasteiger partial charge in [-0.25, -0.2) is 0 Å². The fourth-order valence-electron chi connectivity index (χ4n) is 2.18. The van der Waals surface area contributed by atoms with Gasteiger partial charge in [0.2, 0.25) is 0 Å². The minimum atomic E-state index is -0.506. The summed E-state index contributed by atoms with van der Waals surface area (Å²) in [5.41, 5.74) is 0.794. The molecule has 0 saturated heterocycles. The number of hydrogen-bond donors (Lipinski definition) is 2. The van der Waals surface area contributed by atoms with Gasteiger partial charge in [0.1, 0.15) is 5.69 Å². The lowest BCUT2D eigenvalue weighted by Crippen LogP contribution is -2.13. The van der Waals surface area contributed by atoms with Crippen molar-refractivity contribution in [1.82, 2.24) is 0 Å².